The van der Waals surface area contributed by atoms with Gasteiger partial charge in [-0.3, -0.25) is 0 Å². The quantitative estimate of drug-likeness (QED) is 0.847. The molecule has 0 heterocycles. The summed E-state index contributed by atoms with van der Waals surface area (Å²) in [5, 5.41) is 2.82. The summed E-state index contributed by atoms with van der Waals surface area (Å²) >= 11 is 0. The first-order valence-electron chi connectivity index (χ1n) is 7.85. The number of amides is 1. The number of benzene rings is 1. The van der Waals surface area contributed by atoms with Gasteiger partial charge in [-0.2, -0.15) is 0 Å². The van der Waals surface area contributed by atoms with E-state index in [2.05, 4.69) is 36.2 Å². The Hall–Kier alpha value is -1.75. The minimum Gasteiger partial charge on any atom is -0.444 e. The number of nitrogens with two attached hydrogens (primary N) is 1. The maximum absolute atomic E-state index is 11.9. The lowest BCUT2D eigenvalue weighted by Crippen LogP contribution is -2.37. The molecule has 0 aromatic heterocycles. The zero-order valence-corrected chi connectivity index (χ0v) is 14.3. The molecule has 124 valence electrons. The molecule has 1 atom stereocenters. The molecule has 0 aliphatic carbocycles. The van der Waals surface area contributed by atoms with Crippen LogP contribution in [-0.2, 0) is 4.74 Å². The van der Waals surface area contributed by atoms with Crippen LogP contribution < -0.4 is 16.0 Å². The van der Waals surface area contributed by atoms with E-state index in [4.69, 9.17) is 10.5 Å². The third kappa shape index (κ3) is 5.56. The van der Waals surface area contributed by atoms with Crippen LogP contribution in [0.1, 0.15) is 46.2 Å². The highest BCUT2D eigenvalue weighted by Crippen LogP contribution is 2.19. The van der Waals surface area contributed by atoms with Crippen molar-refractivity contribution < 1.29 is 9.53 Å². The second kappa shape index (κ2) is 8.03. The molecular formula is C17H29N3O2. The smallest absolute Gasteiger partial charge is 0.408 e. The van der Waals surface area contributed by atoms with Gasteiger partial charge >= 0.3 is 6.09 Å². The van der Waals surface area contributed by atoms with Gasteiger partial charge in [0.25, 0.3) is 0 Å². The van der Waals surface area contributed by atoms with Gasteiger partial charge in [-0.15, -0.1) is 0 Å². The van der Waals surface area contributed by atoms with Crippen molar-refractivity contribution in [2.75, 3.05) is 24.5 Å². The van der Waals surface area contributed by atoms with E-state index in [-0.39, 0.29) is 6.04 Å². The fraction of sp³-hybridized carbons (Fsp3) is 0.588. The average molecular weight is 307 g/mol. The summed E-state index contributed by atoms with van der Waals surface area (Å²) in [4.78, 5) is 14.1. The molecule has 1 aromatic rings. The van der Waals surface area contributed by atoms with E-state index >= 15 is 0 Å². The number of anilines is 1. The van der Waals surface area contributed by atoms with Crippen molar-refractivity contribution in [2.24, 2.45) is 5.73 Å². The topological polar surface area (TPSA) is 67.6 Å². The van der Waals surface area contributed by atoms with Gasteiger partial charge < -0.3 is 20.7 Å². The Bertz CT molecular complexity index is 462. The highest BCUT2D eigenvalue weighted by molar-refractivity contribution is 5.68. The molecule has 1 amide bonds. The summed E-state index contributed by atoms with van der Waals surface area (Å²) in [5.74, 6) is 0. The molecule has 1 aromatic carbocycles. The molecule has 1 rings (SSSR count). The van der Waals surface area contributed by atoms with Gasteiger partial charge in [-0.05, 0) is 52.3 Å². The predicted molar refractivity (Wildman–Crippen MR) is 91.2 cm³/mol. The lowest BCUT2D eigenvalue weighted by molar-refractivity contribution is 0.0505. The van der Waals surface area contributed by atoms with Crippen molar-refractivity contribution in [3.8, 4) is 0 Å². The normalized spacial score (nSPS) is 12.6. The predicted octanol–water partition coefficient (Wildman–Crippen LogP) is 3.06. The van der Waals surface area contributed by atoms with Crippen molar-refractivity contribution in [2.45, 2.75) is 46.3 Å². The molecule has 5 nitrogen and oxygen atoms in total. The summed E-state index contributed by atoms with van der Waals surface area (Å²) in [5.41, 5.74) is 7.41. The van der Waals surface area contributed by atoms with E-state index in [1.54, 1.807) is 0 Å². The molecule has 0 radical (unpaired) electrons. The van der Waals surface area contributed by atoms with E-state index < -0.39 is 11.7 Å². The highest BCUT2D eigenvalue weighted by atomic mass is 16.6. The van der Waals surface area contributed by atoms with Gasteiger partial charge in [0.2, 0.25) is 0 Å². The molecule has 0 saturated heterocycles. The standard InChI is InChI=1S/C17H29N3O2/c1-6-20(7-2)14-10-8-13(9-11-14)15(12-18)19-16(21)22-17(3,4)5/h8-11,15H,6-7,12,18H2,1-5H3,(H,19,21)/t15-/m1/s1. The van der Waals surface area contributed by atoms with Gasteiger partial charge in [-0.25, -0.2) is 4.79 Å². The second-order valence-electron chi connectivity index (χ2n) is 6.20. The zero-order valence-electron chi connectivity index (χ0n) is 14.3. The van der Waals surface area contributed by atoms with Gasteiger partial charge in [0, 0.05) is 25.3 Å². The number of hydrogen-bond acceptors (Lipinski definition) is 4. The molecule has 0 aliphatic heterocycles. The van der Waals surface area contributed by atoms with E-state index in [1.165, 1.54) is 5.69 Å². The van der Waals surface area contributed by atoms with Crippen molar-refractivity contribution in [1.29, 1.82) is 0 Å². The van der Waals surface area contributed by atoms with E-state index in [0.29, 0.717) is 6.54 Å². The molecular weight excluding hydrogens is 278 g/mol. The van der Waals surface area contributed by atoms with Crippen LogP contribution in [0, 0.1) is 0 Å². The Labute approximate surface area is 133 Å². The number of hydrogen-bond donors (Lipinski definition) is 2. The summed E-state index contributed by atoms with van der Waals surface area (Å²) in [6.07, 6.45) is -0.448. The largest absolute Gasteiger partial charge is 0.444 e. The molecule has 0 saturated carbocycles. The lowest BCUT2D eigenvalue weighted by atomic mass is 10.1. The Kier molecular flexibility index (Phi) is 6.68. The molecule has 0 spiro atoms. The highest BCUT2D eigenvalue weighted by Gasteiger charge is 2.19. The van der Waals surface area contributed by atoms with E-state index in [9.17, 15) is 4.79 Å². The van der Waals surface area contributed by atoms with Crippen LogP contribution in [0.25, 0.3) is 0 Å². The van der Waals surface area contributed by atoms with E-state index in [0.717, 1.165) is 18.7 Å². The van der Waals surface area contributed by atoms with Crippen LogP contribution in [0.15, 0.2) is 24.3 Å². The van der Waals surface area contributed by atoms with Gasteiger partial charge in [0.05, 0.1) is 6.04 Å². The molecule has 0 aliphatic rings. The summed E-state index contributed by atoms with van der Waals surface area (Å²) in [7, 11) is 0. The van der Waals surface area contributed by atoms with Crippen LogP contribution in [0.3, 0.4) is 0 Å². The number of rotatable bonds is 6. The van der Waals surface area contributed by atoms with Gasteiger partial charge in [-0.1, -0.05) is 12.1 Å². The first kappa shape index (κ1) is 18.3. The average Bonchev–Trinajstić information content (AvgIpc) is 2.45. The Balaban J connectivity index is 2.77. The molecule has 22 heavy (non-hydrogen) atoms. The summed E-state index contributed by atoms with van der Waals surface area (Å²) < 4.78 is 5.27. The maximum atomic E-state index is 11.9. The van der Waals surface area contributed by atoms with Gasteiger partial charge in [0.15, 0.2) is 0 Å². The Morgan fingerprint density at radius 1 is 1.23 bits per heavy atom. The first-order valence-corrected chi connectivity index (χ1v) is 7.85. The minimum atomic E-state index is -0.518. The molecule has 0 unspecified atom stereocenters. The van der Waals surface area contributed by atoms with E-state index in [1.807, 2.05) is 32.9 Å². The third-order valence-electron chi connectivity index (χ3n) is 3.35. The number of carbonyl (C=O) groups excluding carboxylic acids is 1. The third-order valence-corrected chi connectivity index (χ3v) is 3.35. The molecule has 0 fully saturated rings. The molecule has 0 bridgehead atoms. The molecule has 5 heteroatoms. The summed E-state index contributed by atoms with van der Waals surface area (Å²) in [6.45, 7) is 12.0. The maximum Gasteiger partial charge on any atom is 0.408 e. The first-order chi connectivity index (χ1) is 10.3. The summed E-state index contributed by atoms with van der Waals surface area (Å²) in [6, 6.07) is 7.87. The molecule has 3 N–H and O–H groups in total. The number of alkyl carbamates (subject to hydrolysis) is 1. The number of carbonyl (C=O) groups is 1. The Morgan fingerprint density at radius 3 is 2.18 bits per heavy atom. The number of ether oxygens (including phenoxy) is 1. The SMILES string of the molecule is CCN(CC)c1ccc([C@@H](CN)NC(=O)OC(C)(C)C)cc1. The monoisotopic (exact) mass is 307 g/mol. The van der Waals surface area contributed by atoms with Crippen LogP contribution in [0.4, 0.5) is 10.5 Å². The van der Waals surface area contributed by atoms with Crippen LogP contribution in [0.5, 0.6) is 0 Å². The van der Waals surface area contributed by atoms with Crippen molar-refractivity contribution in [3.05, 3.63) is 29.8 Å². The Morgan fingerprint density at radius 2 is 1.77 bits per heavy atom. The van der Waals surface area contributed by atoms with Crippen molar-refractivity contribution >= 4 is 11.8 Å². The van der Waals surface area contributed by atoms with Crippen LogP contribution in [-0.4, -0.2) is 31.3 Å². The fourth-order valence-corrected chi connectivity index (χ4v) is 2.23. The number of nitrogens with one attached hydrogen (secondary N) is 1. The fourth-order valence-electron chi connectivity index (χ4n) is 2.23. The van der Waals surface area contributed by atoms with Crippen molar-refractivity contribution in [1.82, 2.24) is 5.32 Å². The zero-order chi connectivity index (χ0) is 16.8. The van der Waals surface area contributed by atoms with Gasteiger partial charge in [0.1, 0.15) is 5.60 Å². The lowest BCUT2D eigenvalue weighted by Gasteiger charge is -2.24. The second-order valence-corrected chi connectivity index (χ2v) is 6.20. The van der Waals surface area contributed by atoms with Crippen LogP contribution >= 0.6 is 0 Å². The number of nitrogens with zero attached hydrogens (tertiary/aromatic N) is 1. The van der Waals surface area contributed by atoms with Crippen LogP contribution in [0.2, 0.25) is 0 Å². The van der Waals surface area contributed by atoms with Crippen molar-refractivity contribution in [3.63, 3.8) is 0 Å². The minimum absolute atomic E-state index is 0.249.